The fourth-order valence-corrected chi connectivity index (χ4v) is 3.32. The van der Waals surface area contributed by atoms with Crippen molar-refractivity contribution < 1.29 is 36.9 Å². The highest BCUT2D eigenvalue weighted by Crippen LogP contribution is 2.40. The van der Waals surface area contributed by atoms with Gasteiger partial charge in [0.25, 0.3) is 0 Å². The van der Waals surface area contributed by atoms with Crippen LogP contribution in [0.2, 0.25) is 0 Å². The van der Waals surface area contributed by atoms with E-state index in [-0.39, 0.29) is 28.8 Å². The predicted octanol–water partition coefficient (Wildman–Crippen LogP) is 4.69. The van der Waals surface area contributed by atoms with Gasteiger partial charge in [-0.2, -0.15) is 8.78 Å². The lowest BCUT2D eigenvalue weighted by molar-refractivity contribution is -0.142. The van der Waals surface area contributed by atoms with E-state index in [0.717, 1.165) is 11.6 Å². The summed E-state index contributed by atoms with van der Waals surface area (Å²) in [5, 5.41) is -0.0742. The van der Waals surface area contributed by atoms with Crippen molar-refractivity contribution in [3.63, 3.8) is 0 Å². The quantitative estimate of drug-likeness (QED) is 0.442. The van der Waals surface area contributed by atoms with Gasteiger partial charge in [-0.1, -0.05) is 19.1 Å². The number of aryl methyl sites for hydroxylation is 1. The first-order valence-electron chi connectivity index (χ1n) is 9.79. The van der Waals surface area contributed by atoms with Gasteiger partial charge in [-0.3, -0.25) is 0 Å². The maximum Gasteiger partial charge on any atom is 0.387 e. The molecule has 0 spiro atoms. The van der Waals surface area contributed by atoms with Crippen LogP contribution in [-0.4, -0.2) is 38.4 Å². The lowest BCUT2D eigenvalue weighted by Crippen LogP contribution is -2.14. The van der Waals surface area contributed by atoms with E-state index in [1.54, 1.807) is 31.2 Å². The highest BCUT2D eigenvalue weighted by Gasteiger charge is 2.24. The summed E-state index contributed by atoms with van der Waals surface area (Å²) in [6.07, 6.45) is 0.554. The van der Waals surface area contributed by atoms with Crippen LogP contribution >= 0.6 is 0 Å². The molecule has 0 atom stereocenters. The summed E-state index contributed by atoms with van der Waals surface area (Å²) >= 11 is 0. The van der Waals surface area contributed by atoms with Gasteiger partial charge >= 0.3 is 12.6 Å². The van der Waals surface area contributed by atoms with Crippen LogP contribution in [0.15, 0.2) is 36.4 Å². The summed E-state index contributed by atoms with van der Waals surface area (Å²) < 4.78 is 61.5. The Bertz CT molecular complexity index is 1100. The standard InChI is InChI=1S/C23H22F3NO5/c1-4-17-15(11-13-5-7-14(29-2)8-6-13)22(32-23(25)26)20-18(31-12-19(28)30-3)10-9-16(24)21(20)27-17/h5-10,23H,4,11-12H2,1-3H3. The maximum absolute atomic E-state index is 14.6. The lowest BCUT2D eigenvalue weighted by atomic mass is 9.98. The highest BCUT2D eigenvalue weighted by molar-refractivity contribution is 5.93. The summed E-state index contributed by atoms with van der Waals surface area (Å²) in [6.45, 7) is -1.88. The summed E-state index contributed by atoms with van der Waals surface area (Å²) in [5.74, 6) is -1.03. The average Bonchev–Trinajstić information content (AvgIpc) is 2.79. The van der Waals surface area contributed by atoms with E-state index < -0.39 is 25.0 Å². The first-order chi connectivity index (χ1) is 15.4. The smallest absolute Gasteiger partial charge is 0.387 e. The molecule has 1 heterocycles. The number of carbonyl (C=O) groups is 1. The number of nitrogens with zero attached hydrogens (tertiary/aromatic N) is 1. The van der Waals surface area contributed by atoms with Crippen LogP contribution < -0.4 is 14.2 Å². The summed E-state index contributed by atoms with van der Waals surface area (Å²) in [5.41, 5.74) is 1.39. The normalized spacial score (nSPS) is 11.0. The summed E-state index contributed by atoms with van der Waals surface area (Å²) in [4.78, 5) is 15.9. The Hall–Kier alpha value is -3.49. The third-order valence-corrected chi connectivity index (χ3v) is 4.84. The molecule has 0 amide bonds. The zero-order valence-electron chi connectivity index (χ0n) is 17.8. The number of halogens is 3. The summed E-state index contributed by atoms with van der Waals surface area (Å²) in [6, 6.07) is 9.39. The first-order valence-corrected chi connectivity index (χ1v) is 9.79. The van der Waals surface area contributed by atoms with Crippen LogP contribution in [0.4, 0.5) is 13.2 Å². The van der Waals surface area contributed by atoms with Crippen molar-refractivity contribution in [1.82, 2.24) is 4.98 Å². The fraction of sp³-hybridized carbons (Fsp3) is 0.304. The van der Waals surface area contributed by atoms with Crippen LogP contribution in [0, 0.1) is 5.82 Å². The Morgan fingerprint density at radius 3 is 2.41 bits per heavy atom. The molecule has 1 aromatic heterocycles. The molecule has 3 aromatic rings. The molecule has 0 saturated carbocycles. The monoisotopic (exact) mass is 449 g/mol. The minimum absolute atomic E-state index is 0.0198. The Morgan fingerprint density at radius 1 is 1.09 bits per heavy atom. The van der Waals surface area contributed by atoms with Crippen LogP contribution in [0.5, 0.6) is 17.2 Å². The average molecular weight is 449 g/mol. The molecule has 0 fully saturated rings. The van der Waals surface area contributed by atoms with Gasteiger partial charge in [-0.05, 0) is 36.2 Å². The van der Waals surface area contributed by atoms with Crippen LogP contribution in [-0.2, 0) is 22.4 Å². The molecule has 9 heteroatoms. The molecule has 0 saturated heterocycles. The molecule has 0 unspecified atom stereocenters. The Labute approximate surface area is 182 Å². The topological polar surface area (TPSA) is 66.9 Å². The van der Waals surface area contributed by atoms with E-state index in [4.69, 9.17) is 14.2 Å². The second-order valence-corrected chi connectivity index (χ2v) is 6.76. The number of hydrogen-bond donors (Lipinski definition) is 0. The molecule has 0 aliphatic heterocycles. The predicted molar refractivity (Wildman–Crippen MR) is 111 cm³/mol. The number of pyridine rings is 1. The first kappa shape index (κ1) is 23.2. The largest absolute Gasteiger partial charge is 0.497 e. The van der Waals surface area contributed by atoms with Crippen molar-refractivity contribution in [2.24, 2.45) is 0 Å². The fourth-order valence-electron chi connectivity index (χ4n) is 3.32. The lowest BCUT2D eigenvalue weighted by Gasteiger charge is -2.19. The minimum Gasteiger partial charge on any atom is -0.497 e. The van der Waals surface area contributed by atoms with Crippen molar-refractivity contribution >= 4 is 16.9 Å². The number of benzene rings is 2. The number of esters is 1. The number of methoxy groups -OCH3 is 2. The van der Waals surface area contributed by atoms with E-state index in [1.165, 1.54) is 20.3 Å². The summed E-state index contributed by atoms with van der Waals surface area (Å²) in [7, 11) is 2.72. The van der Waals surface area contributed by atoms with Crippen molar-refractivity contribution in [3.8, 4) is 17.2 Å². The van der Waals surface area contributed by atoms with Crippen molar-refractivity contribution in [1.29, 1.82) is 0 Å². The van der Waals surface area contributed by atoms with E-state index in [9.17, 15) is 18.0 Å². The molecule has 3 rings (SSSR count). The molecule has 0 bridgehead atoms. The number of fused-ring (bicyclic) bond motifs is 1. The minimum atomic E-state index is -3.17. The maximum atomic E-state index is 14.6. The number of aromatic nitrogens is 1. The Kier molecular flexibility index (Phi) is 7.40. The molecule has 0 aliphatic carbocycles. The third-order valence-electron chi connectivity index (χ3n) is 4.84. The van der Waals surface area contributed by atoms with Gasteiger partial charge in [0.2, 0.25) is 0 Å². The second kappa shape index (κ2) is 10.2. The van der Waals surface area contributed by atoms with Gasteiger partial charge < -0.3 is 18.9 Å². The molecule has 32 heavy (non-hydrogen) atoms. The SMILES string of the molecule is CCc1nc2c(F)ccc(OCC(=O)OC)c2c(OC(F)F)c1Cc1ccc(OC)cc1. The molecule has 0 aliphatic rings. The van der Waals surface area contributed by atoms with Crippen LogP contribution in [0.25, 0.3) is 10.9 Å². The molecule has 0 N–H and O–H groups in total. The van der Waals surface area contributed by atoms with E-state index in [2.05, 4.69) is 9.72 Å². The zero-order valence-corrected chi connectivity index (χ0v) is 17.8. The number of rotatable bonds is 9. The van der Waals surface area contributed by atoms with Gasteiger partial charge in [-0.25, -0.2) is 14.2 Å². The molecular weight excluding hydrogens is 427 g/mol. The molecule has 170 valence electrons. The third kappa shape index (κ3) is 5.04. The molecule has 0 radical (unpaired) electrons. The van der Waals surface area contributed by atoms with Gasteiger partial charge in [0.15, 0.2) is 6.61 Å². The Morgan fingerprint density at radius 2 is 1.81 bits per heavy atom. The second-order valence-electron chi connectivity index (χ2n) is 6.76. The van der Waals surface area contributed by atoms with Crippen molar-refractivity contribution in [2.75, 3.05) is 20.8 Å². The van der Waals surface area contributed by atoms with Crippen molar-refractivity contribution in [3.05, 3.63) is 59.0 Å². The number of ether oxygens (including phenoxy) is 4. The number of carbonyl (C=O) groups excluding carboxylic acids is 1. The molecule has 2 aromatic carbocycles. The number of alkyl halides is 2. The van der Waals surface area contributed by atoms with Gasteiger partial charge in [0.1, 0.15) is 28.6 Å². The van der Waals surface area contributed by atoms with Gasteiger partial charge in [0, 0.05) is 17.7 Å². The van der Waals surface area contributed by atoms with Crippen LogP contribution in [0.1, 0.15) is 23.7 Å². The Balaban J connectivity index is 2.21. The van der Waals surface area contributed by atoms with Gasteiger partial charge in [0.05, 0.1) is 19.6 Å². The zero-order chi connectivity index (χ0) is 23.3. The highest BCUT2D eigenvalue weighted by atomic mass is 19.3. The molecule has 6 nitrogen and oxygen atoms in total. The van der Waals surface area contributed by atoms with Gasteiger partial charge in [-0.15, -0.1) is 0 Å². The van der Waals surface area contributed by atoms with Crippen molar-refractivity contribution in [2.45, 2.75) is 26.4 Å². The van der Waals surface area contributed by atoms with E-state index in [1.807, 2.05) is 0 Å². The van der Waals surface area contributed by atoms with E-state index >= 15 is 0 Å². The van der Waals surface area contributed by atoms with Crippen LogP contribution in [0.3, 0.4) is 0 Å². The number of hydrogen-bond acceptors (Lipinski definition) is 6. The van der Waals surface area contributed by atoms with E-state index in [0.29, 0.717) is 23.4 Å². The molecular formula is C23H22F3NO5.